The first kappa shape index (κ1) is 32.3. The molecule has 0 saturated heterocycles. The number of fused-ring (bicyclic) bond motifs is 7. The van der Waals surface area contributed by atoms with Crippen molar-refractivity contribution in [2.24, 2.45) is 0 Å². The molecule has 0 spiro atoms. The highest BCUT2D eigenvalue weighted by molar-refractivity contribution is 7.26. The Hall–Kier alpha value is -6.16. The fraction of sp³-hybridized carbons (Fsp3) is 0.115. The van der Waals surface area contributed by atoms with Gasteiger partial charge >= 0.3 is 0 Å². The summed E-state index contributed by atoms with van der Waals surface area (Å²) in [5, 5.41) is 7.59. The van der Waals surface area contributed by atoms with Crippen LogP contribution in [0.1, 0.15) is 43.6 Å². The third kappa shape index (κ3) is 5.37. The van der Waals surface area contributed by atoms with Crippen LogP contribution in [-0.2, 0) is 0 Å². The zero-order chi connectivity index (χ0) is 36.3. The monoisotopic (exact) mass is 725 g/mol. The topological polar surface area (TPSA) is 16.4 Å². The Morgan fingerprint density at radius 1 is 0.473 bits per heavy atom. The minimum absolute atomic E-state index is 0.594. The number of rotatable bonds is 6. The quantitative estimate of drug-likeness (QED) is 0.170. The Balaban J connectivity index is 1.13. The molecule has 1 fully saturated rings. The van der Waals surface area contributed by atoms with Crippen molar-refractivity contribution >= 4 is 81.3 Å². The molecule has 264 valence electrons. The van der Waals surface area contributed by atoms with Crippen LogP contribution < -0.4 is 4.90 Å². The van der Waals surface area contributed by atoms with E-state index >= 15 is 0 Å². The standard InChI is InChI=1S/C52H39NOS/c1-2-14-34(15-3-1)38-21-10-16-36-17-11-23-42(50(36)38)40-18-4-7-25-45(40)53(46-26-13-29-49-51(46)44-20-6-9-28-48(44)55-49)37-32-30-35(31-33-37)39-22-12-24-43-41-19-5-8-27-47(41)54-52(39)43/h4-13,16-34H,1-3,14-15H2. The van der Waals surface area contributed by atoms with Crippen molar-refractivity contribution in [1.29, 1.82) is 0 Å². The van der Waals surface area contributed by atoms with Crippen LogP contribution in [0.4, 0.5) is 17.1 Å². The Morgan fingerprint density at radius 2 is 1.13 bits per heavy atom. The summed E-state index contributed by atoms with van der Waals surface area (Å²) in [7, 11) is 0. The minimum atomic E-state index is 0.594. The minimum Gasteiger partial charge on any atom is -0.455 e. The second kappa shape index (κ2) is 13.3. The molecule has 0 amide bonds. The highest BCUT2D eigenvalue weighted by Gasteiger charge is 2.24. The SMILES string of the molecule is c1ccc(N(c2ccc(-c3cccc4c3oc3ccccc34)cc2)c2cccc3sc4ccccc4c23)c(-c2cccc3cccc(C4CCCCC4)c23)c1. The van der Waals surface area contributed by atoms with Crippen LogP contribution in [0.15, 0.2) is 174 Å². The average molecular weight is 726 g/mol. The van der Waals surface area contributed by atoms with Crippen LogP contribution in [-0.4, -0.2) is 0 Å². The molecule has 55 heavy (non-hydrogen) atoms. The van der Waals surface area contributed by atoms with E-state index in [9.17, 15) is 0 Å². The molecule has 3 heteroatoms. The number of para-hydroxylation sites is 3. The number of thiophene rings is 1. The summed E-state index contributed by atoms with van der Waals surface area (Å²) in [6.07, 6.45) is 6.51. The molecule has 2 aromatic heterocycles. The molecule has 10 aromatic rings. The van der Waals surface area contributed by atoms with Crippen molar-refractivity contribution in [2.75, 3.05) is 4.90 Å². The van der Waals surface area contributed by atoms with E-state index in [1.165, 1.54) is 91.1 Å². The summed E-state index contributed by atoms with van der Waals surface area (Å²) >= 11 is 1.87. The Labute approximate surface area is 324 Å². The van der Waals surface area contributed by atoms with Crippen molar-refractivity contribution in [2.45, 2.75) is 38.0 Å². The molecule has 0 aliphatic heterocycles. The van der Waals surface area contributed by atoms with Gasteiger partial charge in [0.15, 0.2) is 0 Å². The molecule has 0 unspecified atom stereocenters. The van der Waals surface area contributed by atoms with Crippen LogP contribution in [0.3, 0.4) is 0 Å². The van der Waals surface area contributed by atoms with Gasteiger partial charge in [-0.15, -0.1) is 11.3 Å². The highest BCUT2D eigenvalue weighted by Crippen LogP contribution is 2.49. The Morgan fingerprint density at radius 3 is 2.02 bits per heavy atom. The van der Waals surface area contributed by atoms with Gasteiger partial charge in [-0.25, -0.2) is 0 Å². The molecule has 1 saturated carbocycles. The maximum absolute atomic E-state index is 6.48. The van der Waals surface area contributed by atoms with E-state index in [2.05, 4.69) is 169 Å². The van der Waals surface area contributed by atoms with Crippen LogP contribution in [0.25, 0.3) is 75.1 Å². The highest BCUT2D eigenvalue weighted by atomic mass is 32.1. The predicted molar refractivity (Wildman–Crippen MR) is 235 cm³/mol. The molecule has 2 nitrogen and oxygen atoms in total. The zero-order valence-corrected chi connectivity index (χ0v) is 31.4. The van der Waals surface area contributed by atoms with Gasteiger partial charge in [0, 0.05) is 47.8 Å². The number of furan rings is 1. The van der Waals surface area contributed by atoms with Gasteiger partial charge in [0.2, 0.25) is 0 Å². The van der Waals surface area contributed by atoms with Gasteiger partial charge in [-0.3, -0.25) is 0 Å². The number of nitrogens with zero attached hydrogens (tertiary/aromatic N) is 1. The molecule has 11 rings (SSSR count). The Bertz CT molecular complexity index is 3030. The molecule has 2 heterocycles. The van der Waals surface area contributed by atoms with E-state index in [4.69, 9.17) is 4.42 Å². The van der Waals surface area contributed by atoms with Gasteiger partial charge in [-0.2, -0.15) is 0 Å². The summed E-state index contributed by atoms with van der Waals surface area (Å²) in [6, 6.07) is 62.4. The maximum Gasteiger partial charge on any atom is 0.143 e. The van der Waals surface area contributed by atoms with Gasteiger partial charge in [0.05, 0.1) is 11.4 Å². The van der Waals surface area contributed by atoms with Crippen LogP contribution in [0.5, 0.6) is 0 Å². The van der Waals surface area contributed by atoms with Crippen molar-refractivity contribution in [3.8, 4) is 22.3 Å². The summed E-state index contributed by atoms with van der Waals surface area (Å²) in [4.78, 5) is 2.50. The third-order valence-corrected chi connectivity index (χ3v) is 13.0. The van der Waals surface area contributed by atoms with Crippen LogP contribution >= 0.6 is 11.3 Å². The molecule has 0 radical (unpaired) electrons. The van der Waals surface area contributed by atoms with Gasteiger partial charge in [0.1, 0.15) is 11.2 Å². The molecule has 1 aliphatic carbocycles. The molecular formula is C52H39NOS. The molecular weight excluding hydrogens is 687 g/mol. The summed E-state index contributed by atoms with van der Waals surface area (Å²) in [5.74, 6) is 0.594. The fourth-order valence-corrected chi connectivity index (χ4v) is 10.5. The fourth-order valence-electron chi connectivity index (χ4n) is 9.36. The number of hydrogen-bond donors (Lipinski definition) is 0. The molecule has 8 aromatic carbocycles. The second-order valence-corrected chi connectivity index (χ2v) is 16.1. The lowest BCUT2D eigenvalue weighted by atomic mass is 9.80. The average Bonchev–Trinajstić information content (AvgIpc) is 3.83. The zero-order valence-electron chi connectivity index (χ0n) is 30.5. The number of benzene rings is 8. The summed E-state index contributed by atoms with van der Waals surface area (Å²) in [5.41, 5.74) is 11.6. The van der Waals surface area contributed by atoms with Crippen molar-refractivity contribution in [1.82, 2.24) is 0 Å². The summed E-state index contributed by atoms with van der Waals surface area (Å²) < 4.78 is 9.07. The number of anilines is 3. The third-order valence-electron chi connectivity index (χ3n) is 11.9. The Kier molecular flexibility index (Phi) is 7.81. The van der Waals surface area contributed by atoms with E-state index in [1.807, 2.05) is 17.4 Å². The van der Waals surface area contributed by atoms with Gasteiger partial charge < -0.3 is 9.32 Å². The van der Waals surface area contributed by atoms with Crippen LogP contribution in [0, 0.1) is 0 Å². The van der Waals surface area contributed by atoms with E-state index < -0.39 is 0 Å². The normalized spacial score (nSPS) is 13.7. The van der Waals surface area contributed by atoms with Crippen molar-refractivity contribution in [3.63, 3.8) is 0 Å². The lowest BCUT2D eigenvalue weighted by Gasteiger charge is -2.30. The molecule has 0 N–H and O–H groups in total. The van der Waals surface area contributed by atoms with E-state index in [0.717, 1.165) is 38.8 Å². The van der Waals surface area contributed by atoms with E-state index in [0.29, 0.717) is 5.92 Å². The summed E-state index contributed by atoms with van der Waals surface area (Å²) in [6.45, 7) is 0. The van der Waals surface area contributed by atoms with E-state index in [1.54, 1.807) is 0 Å². The van der Waals surface area contributed by atoms with Crippen LogP contribution in [0.2, 0.25) is 0 Å². The largest absolute Gasteiger partial charge is 0.455 e. The first-order chi connectivity index (χ1) is 27.3. The van der Waals surface area contributed by atoms with Gasteiger partial charge in [-0.1, -0.05) is 147 Å². The smallest absolute Gasteiger partial charge is 0.143 e. The first-order valence-corrected chi connectivity index (χ1v) is 20.4. The molecule has 1 aliphatic rings. The van der Waals surface area contributed by atoms with E-state index in [-0.39, 0.29) is 0 Å². The second-order valence-electron chi connectivity index (χ2n) is 15.0. The van der Waals surface area contributed by atoms with Crippen molar-refractivity contribution in [3.05, 3.63) is 175 Å². The maximum atomic E-state index is 6.48. The molecule has 0 bridgehead atoms. The first-order valence-electron chi connectivity index (χ1n) is 19.6. The predicted octanol–water partition coefficient (Wildman–Crippen LogP) is 16.0. The lowest BCUT2D eigenvalue weighted by molar-refractivity contribution is 0.445. The van der Waals surface area contributed by atoms with Gasteiger partial charge in [0.25, 0.3) is 0 Å². The van der Waals surface area contributed by atoms with Crippen molar-refractivity contribution < 1.29 is 4.42 Å². The number of hydrogen-bond acceptors (Lipinski definition) is 3. The lowest BCUT2D eigenvalue weighted by Crippen LogP contribution is -2.12. The van der Waals surface area contributed by atoms with Gasteiger partial charge in [-0.05, 0) is 88.7 Å². The molecule has 0 atom stereocenters.